The van der Waals surface area contributed by atoms with E-state index in [1.165, 1.54) is 6.92 Å². The van der Waals surface area contributed by atoms with Crippen LogP contribution in [0.3, 0.4) is 0 Å². The van der Waals surface area contributed by atoms with Gasteiger partial charge in [-0.15, -0.1) is 0 Å². The number of amides is 1. The monoisotopic (exact) mass is 275 g/mol. The Morgan fingerprint density at radius 1 is 1.00 bits per heavy atom. The van der Waals surface area contributed by atoms with Crippen molar-refractivity contribution in [2.45, 2.75) is 6.92 Å². The van der Waals surface area contributed by atoms with Crippen LogP contribution in [0.4, 0.5) is 25.8 Å². The van der Waals surface area contributed by atoms with E-state index in [1.54, 1.807) is 24.3 Å². The molecule has 0 aromatic heterocycles. The van der Waals surface area contributed by atoms with Gasteiger partial charge in [-0.25, -0.2) is 8.78 Å². The minimum absolute atomic E-state index is 0.0259. The maximum absolute atomic E-state index is 13.6. The highest BCUT2D eigenvalue weighted by atomic mass is 19.1. The second kappa shape index (κ2) is 6.01. The molecule has 0 unspecified atom stereocenters. The Morgan fingerprint density at radius 2 is 1.55 bits per heavy atom. The number of rotatable bonds is 3. The lowest BCUT2D eigenvalue weighted by Crippen LogP contribution is -2.09. The van der Waals surface area contributed by atoms with Gasteiger partial charge in [0.15, 0.2) is 11.6 Å². The summed E-state index contributed by atoms with van der Waals surface area (Å²) in [5.41, 5.74) is 0.105. The van der Waals surface area contributed by atoms with Gasteiger partial charge in [0, 0.05) is 19.1 Å². The van der Waals surface area contributed by atoms with E-state index < -0.39 is 23.2 Å². The predicted octanol–water partition coefficient (Wildman–Crippen LogP) is 4.34. The van der Waals surface area contributed by atoms with Crippen LogP contribution >= 0.6 is 0 Å². The standard InChI is InChI=1S/C14H11F2N3O/c1-9(20)17-14-12(15)7-11(8-13(14)16)19-18-10-5-3-2-4-6-10/h2-8H,1H3,(H,17,20). The molecule has 0 saturated heterocycles. The molecule has 6 heteroatoms. The third kappa shape index (κ3) is 3.44. The van der Waals surface area contributed by atoms with Gasteiger partial charge in [0.2, 0.25) is 5.91 Å². The van der Waals surface area contributed by atoms with E-state index in [0.29, 0.717) is 5.69 Å². The number of benzene rings is 2. The molecule has 0 aliphatic rings. The van der Waals surface area contributed by atoms with Crippen molar-refractivity contribution in [3.05, 3.63) is 54.1 Å². The molecule has 1 N–H and O–H groups in total. The van der Waals surface area contributed by atoms with Gasteiger partial charge in [-0.05, 0) is 12.1 Å². The molecule has 2 aromatic rings. The van der Waals surface area contributed by atoms with Gasteiger partial charge in [0.05, 0.1) is 11.4 Å². The summed E-state index contributed by atoms with van der Waals surface area (Å²) in [5.74, 6) is -2.36. The highest BCUT2D eigenvalue weighted by Crippen LogP contribution is 2.26. The van der Waals surface area contributed by atoms with Gasteiger partial charge >= 0.3 is 0 Å². The first-order chi connectivity index (χ1) is 9.56. The number of nitrogens with zero attached hydrogens (tertiary/aromatic N) is 2. The van der Waals surface area contributed by atoms with Crippen molar-refractivity contribution in [3.8, 4) is 0 Å². The highest BCUT2D eigenvalue weighted by molar-refractivity contribution is 5.89. The van der Waals surface area contributed by atoms with Crippen LogP contribution in [0.2, 0.25) is 0 Å². The number of halogens is 2. The molecule has 0 aliphatic heterocycles. The molecular weight excluding hydrogens is 264 g/mol. The highest BCUT2D eigenvalue weighted by Gasteiger charge is 2.12. The molecule has 1 amide bonds. The van der Waals surface area contributed by atoms with Gasteiger partial charge in [0.25, 0.3) is 0 Å². The van der Waals surface area contributed by atoms with E-state index in [9.17, 15) is 13.6 Å². The molecule has 0 heterocycles. The number of azo groups is 1. The number of nitrogens with one attached hydrogen (secondary N) is 1. The number of anilines is 1. The van der Waals surface area contributed by atoms with Crippen molar-refractivity contribution in [1.82, 2.24) is 0 Å². The molecule has 0 bridgehead atoms. The summed E-state index contributed by atoms with van der Waals surface area (Å²) in [6, 6.07) is 10.8. The Kier molecular flexibility index (Phi) is 4.14. The summed E-state index contributed by atoms with van der Waals surface area (Å²) < 4.78 is 27.3. The second-order valence-corrected chi connectivity index (χ2v) is 4.00. The fraction of sp³-hybridized carbons (Fsp3) is 0.0714. The van der Waals surface area contributed by atoms with Gasteiger partial charge in [-0.3, -0.25) is 4.79 Å². The summed E-state index contributed by atoms with van der Waals surface area (Å²) in [6.07, 6.45) is 0. The Labute approximate surface area is 114 Å². The van der Waals surface area contributed by atoms with Crippen LogP contribution in [0, 0.1) is 11.6 Å². The van der Waals surface area contributed by atoms with Crippen molar-refractivity contribution in [2.24, 2.45) is 10.2 Å². The quantitative estimate of drug-likeness (QED) is 0.832. The van der Waals surface area contributed by atoms with Gasteiger partial charge in [-0.1, -0.05) is 18.2 Å². The Bertz CT molecular complexity index is 634. The zero-order valence-corrected chi connectivity index (χ0v) is 10.6. The Hall–Kier alpha value is -2.63. The first-order valence-corrected chi connectivity index (χ1v) is 5.79. The number of carbonyl (C=O) groups is 1. The number of hydrogen-bond donors (Lipinski definition) is 1. The van der Waals surface area contributed by atoms with Crippen LogP contribution < -0.4 is 5.32 Å². The molecule has 0 spiro atoms. The summed E-state index contributed by atoms with van der Waals surface area (Å²) in [6.45, 7) is 1.17. The maximum atomic E-state index is 13.6. The van der Waals surface area contributed by atoms with Crippen molar-refractivity contribution in [2.75, 3.05) is 5.32 Å². The Balaban J connectivity index is 2.26. The molecule has 102 valence electrons. The maximum Gasteiger partial charge on any atom is 0.221 e. The van der Waals surface area contributed by atoms with Crippen molar-refractivity contribution >= 4 is 23.0 Å². The average molecular weight is 275 g/mol. The van der Waals surface area contributed by atoms with Crippen LogP contribution in [-0.4, -0.2) is 5.91 Å². The largest absolute Gasteiger partial charge is 0.321 e. The molecule has 0 aliphatic carbocycles. The molecule has 2 rings (SSSR count). The topological polar surface area (TPSA) is 53.8 Å². The van der Waals surface area contributed by atoms with Crippen LogP contribution in [-0.2, 0) is 4.79 Å². The normalized spacial score (nSPS) is 10.8. The SMILES string of the molecule is CC(=O)Nc1c(F)cc(N=Nc2ccccc2)cc1F. The minimum atomic E-state index is -0.901. The number of hydrogen-bond acceptors (Lipinski definition) is 3. The Morgan fingerprint density at radius 3 is 2.10 bits per heavy atom. The van der Waals surface area contributed by atoms with Crippen LogP contribution in [0.5, 0.6) is 0 Å². The summed E-state index contributed by atoms with van der Waals surface area (Å²) in [5, 5.41) is 9.69. The average Bonchev–Trinajstić information content (AvgIpc) is 2.41. The molecule has 2 aromatic carbocycles. The van der Waals surface area contributed by atoms with E-state index >= 15 is 0 Å². The van der Waals surface area contributed by atoms with Crippen LogP contribution in [0.25, 0.3) is 0 Å². The molecule has 20 heavy (non-hydrogen) atoms. The van der Waals surface area contributed by atoms with Gasteiger partial charge < -0.3 is 5.32 Å². The fourth-order valence-electron chi connectivity index (χ4n) is 1.52. The van der Waals surface area contributed by atoms with E-state index in [0.717, 1.165) is 12.1 Å². The molecule has 0 atom stereocenters. The zero-order chi connectivity index (χ0) is 14.5. The number of carbonyl (C=O) groups excluding carboxylic acids is 1. The fourth-order valence-corrected chi connectivity index (χ4v) is 1.52. The molecule has 4 nitrogen and oxygen atoms in total. The van der Waals surface area contributed by atoms with Crippen LogP contribution in [0.15, 0.2) is 52.7 Å². The van der Waals surface area contributed by atoms with Crippen molar-refractivity contribution in [1.29, 1.82) is 0 Å². The lowest BCUT2D eigenvalue weighted by Gasteiger charge is -2.05. The molecule has 0 radical (unpaired) electrons. The second-order valence-electron chi connectivity index (χ2n) is 4.00. The van der Waals surface area contributed by atoms with E-state index in [2.05, 4.69) is 15.5 Å². The van der Waals surface area contributed by atoms with Gasteiger partial charge in [0.1, 0.15) is 5.69 Å². The first-order valence-electron chi connectivity index (χ1n) is 5.79. The zero-order valence-electron chi connectivity index (χ0n) is 10.6. The van der Waals surface area contributed by atoms with E-state index in [4.69, 9.17) is 0 Å². The van der Waals surface area contributed by atoms with E-state index in [1.807, 2.05) is 6.07 Å². The molecule has 0 fully saturated rings. The molecule has 0 saturated carbocycles. The van der Waals surface area contributed by atoms with E-state index in [-0.39, 0.29) is 5.69 Å². The summed E-state index contributed by atoms with van der Waals surface area (Å²) >= 11 is 0. The third-order valence-electron chi connectivity index (χ3n) is 2.37. The summed E-state index contributed by atoms with van der Waals surface area (Å²) in [4.78, 5) is 10.8. The molecular formula is C14H11F2N3O. The smallest absolute Gasteiger partial charge is 0.221 e. The summed E-state index contributed by atoms with van der Waals surface area (Å²) in [7, 11) is 0. The van der Waals surface area contributed by atoms with Crippen molar-refractivity contribution in [3.63, 3.8) is 0 Å². The first kappa shape index (κ1) is 13.8. The van der Waals surface area contributed by atoms with Crippen molar-refractivity contribution < 1.29 is 13.6 Å². The lowest BCUT2D eigenvalue weighted by molar-refractivity contribution is -0.114. The third-order valence-corrected chi connectivity index (χ3v) is 2.37. The van der Waals surface area contributed by atoms with Crippen LogP contribution in [0.1, 0.15) is 6.92 Å². The van der Waals surface area contributed by atoms with Gasteiger partial charge in [-0.2, -0.15) is 10.2 Å². The minimum Gasteiger partial charge on any atom is -0.321 e. The lowest BCUT2D eigenvalue weighted by atomic mass is 10.2. The predicted molar refractivity (Wildman–Crippen MR) is 71.3 cm³/mol.